The van der Waals surface area contributed by atoms with E-state index < -0.39 is 27.9 Å². The zero-order valence-electron chi connectivity index (χ0n) is 25.4. The van der Waals surface area contributed by atoms with E-state index in [1.165, 1.54) is 35.6 Å². The molecule has 45 heavy (non-hydrogen) atoms. The molecule has 0 spiro atoms. The summed E-state index contributed by atoms with van der Waals surface area (Å²) in [5.74, 6) is 0. The summed E-state index contributed by atoms with van der Waals surface area (Å²) in [6.45, 7) is 1.03. The number of nitrogens with one attached hydrogen (secondary N) is 2. The molecule has 0 saturated carbocycles. The molecule has 5 aromatic rings. The topological polar surface area (TPSA) is 104 Å². The number of anilines is 1. The number of sulfonamides is 1. The molecule has 0 unspecified atom stereocenters. The second kappa shape index (κ2) is 15.7. The number of benzene rings is 3. The smallest absolute Gasteiger partial charge is 1.00 e. The molecule has 0 amide bonds. The fourth-order valence-corrected chi connectivity index (χ4v) is 6.16. The van der Waals surface area contributed by atoms with E-state index >= 15 is 0 Å². The lowest BCUT2D eigenvalue weighted by molar-refractivity contribution is -0.137. The van der Waals surface area contributed by atoms with Crippen LogP contribution in [-0.4, -0.2) is 36.6 Å². The van der Waals surface area contributed by atoms with Crippen molar-refractivity contribution in [3.63, 3.8) is 0 Å². The predicted octanol–water partition coefficient (Wildman–Crippen LogP) is 0.790. The van der Waals surface area contributed by atoms with Crippen LogP contribution in [0.15, 0.2) is 108 Å². The first kappa shape index (κ1) is 36.0. The lowest BCUT2D eigenvalue weighted by atomic mass is 10.1. The minimum atomic E-state index is -4.41. The van der Waals surface area contributed by atoms with Crippen molar-refractivity contribution < 1.29 is 54.4 Å². The molecule has 0 bridgehead atoms. The van der Waals surface area contributed by atoms with Gasteiger partial charge in [-0.2, -0.15) is 13.2 Å². The van der Waals surface area contributed by atoms with E-state index in [9.17, 15) is 26.7 Å². The van der Waals surface area contributed by atoms with Gasteiger partial charge in [-0.15, -0.1) is 11.3 Å². The Bertz CT molecular complexity index is 1770. The maximum absolute atomic E-state index is 13.0. The highest BCUT2D eigenvalue weighted by molar-refractivity contribution is 7.92. The first-order chi connectivity index (χ1) is 20.6. The minimum Gasteiger partial charge on any atom is -1.00 e. The molecule has 5 rings (SSSR count). The van der Waals surface area contributed by atoms with E-state index in [1.54, 1.807) is 48.1 Å². The number of aliphatic hydroxyl groups is 1. The van der Waals surface area contributed by atoms with Crippen LogP contribution in [0.25, 0.3) is 21.8 Å². The molecular weight excluding hydrogens is 668 g/mol. The first-order valence-corrected chi connectivity index (χ1v) is 15.6. The molecule has 1 atom stereocenters. The van der Waals surface area contributed by atoms with Crippen LogP contribution in [0.3, 0.4) is 0 Å². The Morgan fingerprint density at radius 2 is 1.58 bits per heavy atom. The van der Waals surface area contributed by atoms with Crippen molar-refractivity contribution in [3.05, 3.63) is 119 Å². The molecule has 14 heteroatoms. The molecule has 3 aromatic carbocycles. The number of pyridine rings is 1. The van der Waals surface area contributed by atoms with Crippen LogP contribution in [0.4, 0.5) is 18.9 Å². The third-order valence-corrected chi connectivity index (χ3v) is 8.92. The Kier molecular flexibility index (Phi) is 12.5. The molecule has 238 valence electrons. The van der Waals surface area contributed by atoms with Crippen LogP contribution in [0.1, 0.15) is 25.6 Å². The van der Waals surface area contributed by atoms with Gasteiger partial charge in [0.05, 0.1) is 22.3 Å². The summed E-state index contributed by atoms with van der Waals surface area (Å²) in [7, 11) is -3.84. The fraction of sp³-hybridized carbons (Fsp3) is 0.161. The van der Waals surface area contributed by atoms with Crippen LogP contribution >= 0.6 is 11.3 Å². The van der Waals surface area contributed by atoms with Crippen molar-refractivity contribution >= 4 is 27.0 Å². The Morgan fingerprint density at radius 3 is 2.20 bits per heavy atom. The summed E-state index contributed by atoms with van der Waals surface area (Å²) in [6.07, 6.45) is -1.07. The van der Waals surface area contributed by atoms with Gasteiger partial charge in [0.25, 0.3) is 10.0 Å². The monoisotopic (exact) mass is 696 g/mol. The molecule has 2 heterocycles. The number of rotatable bonds is 11. The summed E-state index contributed by atoms with van der Waals surface area (Å²) in [4.78, 5) is 8.60. The third-order valence-electron chi connectivity index (χ3n) is 6.63. The second-order valence-electron chi connectivity index (χ2n) is 9.70. The highest BCUT2D eigenvalue weighted by atomic mass is 35.5. The van der Waals surface area contributed by atoms with E-state index in [0.717, 1.165) is 23.3 Å². The van der Waals surface area contributed by atoms with E-state index in [1.807, 2.05) is 18.2 Å². The summed E-state index contributed by atoms with van der Waals surface area (Å²) in [5, 5.41) is 15.8. The quantitative estimate of drug-likeness (QED) is 0.177. The predicted molar refractivity (Wildman–Crippen MR) is 163 cm³/mol. The fourth-order valence-electron chi connectivity index (χ4n) is 4.26. The lowest BCUT2D eigenvalue weighted by Gasteiger charge is -2.12. The van der Waals surface area contributed by atoms with Gasteiger partial charge in [0, 0.05) is 46.7 Å². The number of alkyl halides is 3. The molecule has 0 saturated heterocycles. The molecule has 0 aliphatic heterocycles. The number of hydrogen-bond donors (Lipinski definition) is 3. The van der Waals surface area contributed by atoms with Crippen LogP contribution in [-0.2, 0) is 22.6 Å². The number of halogens is 5. The summed E-state index contributed by atoms with van der Waals surface area (Å²) < 4.78 is 67.1. The van der Waals surface area contributed by atoms with Gasteiger partial charge in [-0.05, 0) is 61.0 Å². The van der Waals surface area contributed by atoms with Crippen molar-refractivity contribution in [2.45, 2.75) is 23.6 Å². The number of aromatic nitrogens is 2. The van der Waals surface area contributed by atoms with Crippen molar-refractivity contribution in [1.82, 2.24) is 15.3 Å². The van der Waals surface area contributed by atoms with Crippen LogP contribution in [0.5, 0.6) is 0 Å². The number of nitrogens with zero attached hydrogens (tertiary/aromatic N) is 2. The minimum absolute atomic E-state index is 0. The average molecular weight is 698 g/mol. The first-order valence-electron chi connectivity index (χ1n) is 13.2. The number of aliphatic hydroxyl groups excluding tert-OH is 1. The molecule has 0 aliphatic rings. The van der Waals surface area contributed by atoms with E-state index in [2.05, 4.69) is 20.0 Å². The van der Waals surface area contributed by atoms with Gasteiger partial charge in [0.1, 0.15) is 5.01 Å². The summed E-state index contributed by atoms with van der Waals surface area (Å²) in [5.41, 5.74) is 3.23. The van der Waals surface area contributed by atoms with E-state index in [-0.39, 0.29) is 32.6 Å². The van der Waals surface area contributed by atoms with Gasteiger partial charge in [0.2, 0.25) is 0 Å². The molecule has 3 N–H and O–H groups in total. The maximum Gasteiger partial charge on any atom is 1.00 e. The van der Waals surface area contributed by atoms with Crippen molar-refractivity contribution in [2.24, 2.45) is 0 Å². The molecule has 0 radical (unpaired) electrons. The van der Waals surface area contributed by atoms with Crippen molar-refractivity contribution in [1.29, 1.82) is 0 Å². The normalized spacial score (nSPS) is 12.1. The molecule has 7 nitrogen and oxygen atoms in total. The Morgan fingerprint density at radius 1 is 0.911 bits per heavy atom. The average Bonchev–Trinajstić information content (AvgIpc) is 3.51. The van der Waals surface area contributed by atoms with Gasteiger partial charge in [-0.25, -0.2) is 13.4 Å². The zero-order chi connectivity index (χ0) is 30.5. The van der Waals surface area contributed by atoms with Gasteiger partial charge in [-0.3, -0.25) is 9.71 Å². The SMILES string of the molecule is O=S(=O)(Nc1ccc(CCNC[C@H](O)c2cccnc2)cc1)c1ccc(-c2nc(-c3ccc(C(F)(F)F)cc3)cs2)cc1.[Cl-].[Cl-].[H+].[H+]. The van der Waals surface area contributed by atoms with E-state index in [0.29, 0.717) is 47.0 Å². The summed E-state index contributed by atoms with van der Waals surface area (Å²) >= 11 is 1.31. The van der Waals surface area contributed by atoms with Gasteiger partial charge in [-0.1, -0.05) is 42.5 Å². The Hall–Kier alpha value is -3.52. The Balaban J connectivity index is 0.00000276. The van der Waals surface area contributed by atoms with Crippen LogP contribution in [0, 0.1) is 0 Å². The standard InChI is InChI=1S/C31H27F3N4O3S2.2ClH/c32-31(33,34)25-9-5-22(6-10-25)28-20-42-30(37-28)23-7-13-27(14-8-23)43(40,41)38-26-11-3-21(4-12-26)15-17-36-19-29(39)24-2-1-16-35-18-24;;/h1-14,16,18,20,29,36,38-39H,15,17,19H2;2*1H/t29-;;/m0../s1. The van der Waals surface area contributed by atoms with Crippen molar-refractivity contribution in [3.8, 4) is 21.8 Å². The maximum atomic E-state index is 13.0. The van der Waals surface area contributed by atoms with Gasteiger partial charge in [0.15, 0.2) is 0 Å². The molecule has 0 aliphatic carbocycles. The molecule has 2 aromatic heterocycles. The highest BCUT2D eigenvalue weighted by Gasteiger charge is 2.30. The van der Waals surface area contributed by atoms with Crippen LogP contribution < -0.4 is 34.9 Å². The molecule has 0 fully saturated rings. The largest absolute Gasteiger partial charge is 1.00 e. The van der Waals surface area contributed by atoms with E-state index in [4.69, 9.17) is 0 Å². The van der Waals surface area contributed by atoms with Crippen LogP contribution in [0.2, 0.25) is 0 Å². The lowest BCUT2D eigenvalue weighted by Crippen LogP contribution is -3.00. The van der Waals surface area contributed by atoms with Crippen molar-refractivity contribution in [2.75, 3.05) is 17.8 Å². The third kappa shape index (κ3) is 9.49. The zero-order valence-corrected chi connectivity index (χ0v) is 26.5. The highest BCUT2D eigenvalue weighted by Crippen LogP contribution is 2.33. The van der Waals surface area contributed by atoms with Gasteiger partial charge < -0.3 is 35.2 Å². The number of thiazole rings is 1. The number of hydrogen-bond acceptors (Lipinski definition) is 7. The van der Waals surface area contributed by atoms with Gasteiger partial charge >= 0.3 is 9.03 Å². The Labute approximate surface area is 278 Å². The second-order valence-corrected chi connectivity index (χ2v) is 12.2. The molecular formula is C31H29Cl2F3N4O3S2. The summed E-state index contributed by atoms with van der Waals surface area (Å²) in [6, 6.07) is 21.7.